The van der Waals surface area contributed by atoms with Crippen LogP contribution in [0.25, 0.3) is 16.8 Å². The molecule has 0 bridgehead atoms. The van der Waals surface area contributed by atoms with E-state index in [4.69, 9.17) is 15.5 Å². The van der Waals surface area contributed by atoms with E-state index in [2.05, 4.69) is 27.1 Å². The lowest BCUT2D eigenvalue weighted by atomic mass is 10.1. The smallest absolute Gasteiger partial charge is 0.299 e. The van der Waals surface area contributed by atoms with Gasteiger partial charge in [0.05, 0.1) is 36.3 Å². The lowest BCUT2D eigenvalue weighted by molar-refractivity contribution is -0.134. The fourth-order valence-electron chi connectivity index (χ4n) is 4.16. The summed E-state index contributed by atoms with van der Waals surface area (Å²) in [6.45, 7) is 2.73. The number of nitrogens with one attached hydrogen (secondary N) is 1. The maximum absolute atomic E-state index is 12.7. The largest absolute Gasteiger partial charge is 0.396 e. The van der Waals surface area contributed by atoms with Gasteiger partial charge in [-0.05, 0) is 37.1 Å². The van der Waals surface area contributed by atoms with E-state index in [1.165, 1.54) is 0 Å². The van der Waals surface area contributed by atoms with Crippen LogP contribution in [0, 0.1) is 11.8 Å². The van der Waals surface area contributed by atoms with Crippen molar-refractivity contribution in [2.45, 2.75) is 13.0 Å². The van der Waals surface area contributed by atoms with E-state index in [1.807, 2.05) is 12.1 Å². The van der Waals surface area contributed by atoms with Gasteiger partial charge in [0, 0.05) is 23.9 Å². The molecule has 1 atom stereocenters. The number of pyridine rings is 1. The molecule has 0 spiro atoms. The van der Waals surface area contributed by atoms with E-state index >= 15 is 0 Å². The summed E-state index contributed by atoms with van der Waals surface area (Å²) in [5, 5.41) is 2.77. The first-order chi connectivity index (χ1) is 17.6. The Morgan fingerprint density at radius 2 is 2.03 bits per heavy atom. The van der Waals surface area contributed by atoms with Gasteiger partial charge < -0.3 is 20.7 Å². The van der Waals surface area contributed by atoms with Gasteiger partial charge in [0.1, 0.15) is 24.0 Å². The number of imidazole rings is 1. The molecule has 2 amide bonds. The molecule has 0 radical (unpaired) electrons. The van der Waals surface area contributed by atoms with Gasteiger partial charge in [0.25, 0.3) is 11.8 Å². The lowest BCUT2D eigenvalue weighted by Crippen LogP contribution is -2.43. The van der Waals surface area contributed by atoms with Gasteiger partial charge in [-0.2, -0.15) is 0 Å². The van der Waals surface area contributed by atoms with Crippen LogP contribution < -0.4 is 11.1 Å². The third-order valence-electron chi connectivity index (χ3n) is 5.85. The van der Waals surface area contributed by atoms with Gasteiger partial charge >= 0.3 is 0 Å². The SMILES string of the molecule is CC#CC(=O)N1CCOC[C@H]1c1nc(-c2ccc(C(=O)Nc3ccccn3)cc2)c2c(N)cncn12. The van der Waals surface area contributed by atoms with Gasteiger partial charge in [-0.3, -0.25) is 14.0 Å². The molecule has 1 saturated heterocycles. The van der Waals surface area contributed by atoms with Crippen LogP contribution in [-0.2, 0) is 9.53 Å². The molecule has 1 aromatic carbocycles. The highest BCUT2D eigenvalue weighted by Gasteiger charge is 2.32. The zero-order valence-corrected chi connectivity index (χ0v) is 19.5. The summed E-state index contributed by atoms with van der Waals surface area (Å²) in [6.07, 6.45) is 4.79. The molecule has 180 valence electrons. The second-order valence-electron chi connectivity index (χ2n) is 8.10. The van der Waals surface area contributed by atoms with Crippen molar-refractivity contribution in [2.75, 3.05) is 30.8 Å². The van der Waals surface area contributed by atoms with Crippen molar-refractivity contribution < 1.29 is 14.3 Å². The number of carbonyl (C=O) groups is 2. The van der Waals surface area contributed by atoms with Crippen molar-refractivity contribution in [2.24, 2.45) is 0 Å². The van der Waals surface area contributed by atoms with Crippen LogP contribution in [0.2, 0.25) is 0 Å². The summed E-state index contributed by atoms with van der Waals surface area (Å²) in [4.78, 5) is 40.2. The molecular formula is C26H23N7O3. The molecule has 0 aliphatic carbocycles. The van der Waals surface area contributed by atoms with Gasteiger partial charge in [-0.15, -0.1) is 0 Å². The molecule has 10 heteroatoms. The van der Waals surface area contributed by atoms with Crippen molar-refractivity contribution in [1.29, 1.82) is 0 Å². The number of morpholine rings is 1. The summed E-state index contributed by atoms with van der Waals surface area (Å²) in [6, 6.07) is 11.9. The highest BCUT2D eigenvalue weighted by Crippen LogP contribution is 2.33. The van der Waals surface area contributed by atoms with Crippen molar-refractivity contribution in [3.05, 3.63) is 72.6 Å². The molecule has 5 rings (SSSR count). The van der Waals surface area contributed by atoms with Crippen LogP contribution in [0.15, 0.2) is 61.2 Å². The normalized spacial score (nSPS) is 15.2. The Morgan fingerprint density at radius 1 is 1.19 bits per heavy atom. The maximum Gasteiger partial charge on any atom is 0.299 e. The number of anilines is 2. The molecule has 1 aliphatic rings. The van der Waals surface area contributed by atoms with Gasteiger partial charge in [0.2, 0.25) is 0 Å². The Morgan fingerprint density at radius 3 is 2.78 bits per heavy atom. The zero-order valence-electron chi connectivity index (χ0n) is 19.5. The average molecular weight is 482 g/mol. The number of fused-ring (bicyclic) bond motifs is 1. The third kappa shape index (κ3) is 4.35. The van der Waals surface area contributed by atoms with E-state index in [-0.39, 0.29) is 18.4 Å². The number of nitrogens with zero attached hydrogens (tertiary/aromatic N) is 5. The number of nitrogens with two attached hydrogens (primary N) is 1. The van der Waals surface area contributed by atoms with E-state index in [9.17, 15) is 9.59 Å². The number of ether oxygens (including phenoxy) is 1. The number of amides is 2. The number of hydrogen-bond acceptors (Lipinski definition) is 7. The van der Waals surface area contributed by atoms with Gasteiger partial charge in [0.15, 0.2) is 0 Å². The molecule has 3 aromatic heterocycles. The number of nitrogen functional groups attached to an aromatic ring is 1. The van der Waals surface area contributed by atoms with Crippen LogP contribution in [0.5, 0.6) is 0 Å². The molecule has 4 heterocycles. The van der Waals surface area contributed by atoms with Crippen LogP contribution in [-0.4, -0.2) is 55.8 Å². The first-order valence-electron chi connectivity index (χ1n) is 11.3. The summed E-state index contributed by atoms with van der Waals surface area (Å²) < 4.78 is 7.47. The predicted molar refractivity (Wildman–Crippen MR) is 134 cm³/mol. The number of rotatable bonds is 4. The van der Waals surface area contributed by atoms with Gasteiger partial charge in [-0.25, -0.2) is 15.0 Å². The Balaban J connectivity index is 1.52. The fraction of sp³-hybridized carbons (Fsp3) is 0.192. The first-order valence-corrected chi connectivity index (χ1v) is 11.3. The number of aromatic nitrogens is 4. The zero-order chi connectivity index (χ0) is 25.1. The second kappa shape index (κ2) is 9.85. The van der Waals surface area contributed by atoms with Crippen molar-refractivity contribution in [3.8, 4) is 23.1 Å². The minimum atomic E-state index is -0.458. The first kappa shape index (κ1) is 23.0. The number of benzene rings is 1. The quantitative estimate of drug-likeness (QED) is 0.429. The molecule has 0 saturated carbocycles. The van der Waals surface area contributed by atoms with E-state index in [0.717, 1.165) is 5.56 Å². The Kier molecular flexibility index (Phi) is 6.30. The third-order valence-corrected chi connectivity index (χ3v) is 5.85. The van der Waals surface area contributed by atoms with Crippen molar-refractivity contribution in [1.82, 2.24) is 24.3 Å². The predicted octanol–water partition coefficient (Wildman–Crippen LogP) is 2.55. The van der Waals surface area contributed by atoms with Crippen LogP contribution in [0.1, 0.15) is 29.1 Å². The molecule has 36 heavy (non-hydrogen) atoms. The highest BCUT2D eigenvalue weighted by atomic mass is 16.5. The second-order valence-corrected chi connectivity index (χ2v) is 8.10. The van der Waals surface area contributed by atoms with Crippen LogP contribution >= 0.6 is 0 Å². The van der Waals surface area contributed by atoms with Crippen molar-refractivity contribution in [3.63, 3.8) is 0 Å². The molecule has 0 unspecified atom stereocenters. The highest BCUT2D eigenvalue weighted by molar-refractivity contribution is 6.04. The van der Waals surface area contributed by atoms with Crippen molar-refractivity contribution >= 4 is 28.8 Å². The summed E-state index contributed by atoms with van der Waals surface area (Å²) in [7, 11) is 0. The van der Waals surface area contributed by atoms with E-state index in [1.54, 1.807) is 65.3 Å². The minimum Gasteiger partial charge on any atom is -0.396 e. The minimum absolute atomic E-state index is 0.273. The number of hydrogen-bond donors (Lipinski definition) is 2. The Bertz CT molecular complexity index is 1490. The van der Waals surface area contributed by atoms with E-state index < -0.39 is 6.04 Å². The molecule has 3 N–H and O–H groups in total. The molecule has 4 aromatic rings. The number of carbonyl (C=O) groups excluding carboxylic acids is 2. The van der Waals surface area contributed by atoms with E-state index in [0.29, 0.717) is 47.3 Å². The molecule has 1 aliphatic heterocycles. The Hall–Kier alpha value is -4.75. The van der Waals surface area contributed by atoms with Gasteiger partial charge in [-0.1, -0.05) is 24.1 Å². The maximum atomic E-state index is 12.7. The Labute approximate surface area is 207 Å². The standard InChI is InChI=1S/C26H23N7O3/c1-2-5-22(34)32-12-13-36-15-20(32)25-31-23(24-19(27)14-28-16-33(24)25)17-7-9-18(10-8-17)26(35)30-21-6-3-4-11-29-21/h3-4,6-11,14,16,20H,12-13,15,27H2,1H3,(H,29,30,35)/t20-/m0/s1. The topological polar surface area (TPSA) is 128 Å². The molecule has 10 nitrogen and oxygen atoms in total. The summed E-state index contributed by atoms with van der Waals surface area (Å²) >= 11 is 0. The average Bonchev–Trinajstić information content (AvgIpc) is 3.30. The molecule has 1 fully saturated rings. The summed E-state index contributed by atoms with van der Waals surface area (Å²) in [5.41, 5.74) is 9.25. The molecular weight excluding hydrogens is 458 g/mol. The summed E-state index contributed by atoms with van der Waals surface area (Å²) in [5.74, 6) is 5.76. The lowest BCUT2D eigenvalue weighted by Gasteiger charge is -2.33. The monoisotopic (exact) mass is 481 g/mol. The van der Waals surface area contributed by atoms with Crippen LogP contribution in [0.4, 0.5) is 11.5 Å². The van der Waals surface area contributed by atoms with Crippen LogP contribution in [0.3, 0.4) is 0 Å². The fourth-order valence-corrected chi connectivity index (χ4v) is 4.16.